The Labute approximate surface area is 170 Å². The summed E-state index contributed by atoms with van der Waals surface area (Å²) in [7, 11) is -3.58. The Hall–Kier alpha value is -2.72. The van der Waals surface area contributed by atoms with E-state index in [0.717, 1.165) is 11.0 Å². The SMILES string of the molecule is CC(C)NC(=O)C(=O)NNC(=O)C1CCN(S(=O)(=O)/C=C/c2ccccc2)CC1. The molecule has 10 heteroatoms. The van der Waals surface area contributed by atoms with Gasteiger partial charge in [0.1, 0.15) is 0 Å². The molecule has 0 spiro atoms. The zero-order valence-corrected chi connectivity index (χ0v) is 17.2. The van der Waals surface area contributed by atoms with Crippen LogP contribution in [0.25, 0.3) is 6.08 Å². The molecule has 9 nitrogen and oxygen atoms in total. The van der Waals surface area contributed by atoms with Gasteiger partial charge in [0.2, 0.25) is 15.9 Å². The van der Waals surface area contributed by atoms with Crippen LogP contribution in [0.4, 0.5) is 0 Å². The average molecular weight is 423 g/mol. The van der Waals surface area contributed by atoms with Crippen molar-refractivity contribution >= 4 is 33.8 Å². The Morgan fingerprint density at radius 1 is 1.03 bits per heavy atom. The first-order chi connectivity index (χ1) is 13.7. The first-order valence-corrected chi connectivity index (χ1v) is 10.8. The minimum absolute atomic E-state index is 0.196. The van der Waals surface area contributed by atoms with Gasteiger partial charge in [0.15, 0.2) is 0 Å². The second-order valence-electron chi connectivity index (χ2n) is 7.00. The summed E-state index contributed by atoms with van der Waals surface area (Å²) in [6, 6.07) is 8.90. The number of nitrogens with one attached hydrogen (secondary N) is 3. The number of carbonyl (C=O) groups is 3. The smallest absolute Gasteiger partial charge is 0.327 e. The Morgan fingerprint density at radius 3 is 2.24 bits per heavy atom. The van der Waals surface area contributed by atoms with Crippen molar-refractivity contribution < 1.29 is 22.8 Å². The van der Waals surface area contributed by atoms with Crippen LogP contribution < -0.4 is 16.2 Å². The van der Waals surface area contributed by atoms with Gasteiger partial charge in [0.05, 0.1) is 0 Å². The number of hydrazine groups is 1. The molecule has 1 aliphatic heterocycles. The van der Waals surface area contributed by atoms with E-state index in [4.69, 9.17) is 0 Å². The van der Waals surface area contributed by atoms with Crippen molar-refractivity contribution in [3.63, 3.8) is 0 Å². The number of piperidine rings is 1. The minimum Gasteiger partial charge on any atom is -0.346 e. The van der Waals surface area contributed by atoms with Crippen LogP contribution in [0.1, 0.15) is 32.3 Å². The fourth-order valence-electron chi connectivity index (χ4n) is 2.79. The van der Waals surface area contributed by atoms with Gasteiger partial charge < -0.3 is 5.32 Å². The maximum Gasteiger partial charge on any atom is 0.327 e. The lowest BCUT2D eigenvalue weighted by molar-refractivity contribution is -0.141. The fourth-order valence-corrected chi connectivity index (χ4v) is 4.01. The number of hydrogen-bond donors (Lipinski definition) is 3. The van der Waals surface area contributed by atoms with Gasteiger partial charge in [0.25, 0.3) is 0 Å². The summed E-state index contributed by atoms with van der Waals surface area (Å²) in [5.41, 5.74) is 5.08. The molecule has 0 radical (unpaired) electrons. The summed E-state index contributed by atoms with van der Waals surface area (Å²) in [5.74, 6) is -2.70. The van der Waals surface area contributed by atoms with Gasteiger partial charge in [-0.15, -0.1) is 0 Å². The molecule has 0 unspecified atom stereocenters. The zero-order chi connectivity index (χ0) is 21.4. The third-order valence-corrected chi connectivity index (χ3v) is 5.91. The van der Waals surface area contributed by atoms with E-state index in [1.807, 2.05) is 18.2 Å². The predicted molar refractivity (Wildman–Crippen MR) is 108 cm³/mol. The van der Waals surface area contributed by atoms with Crippen LogP contribution in [0, 0.1) is 5.92 Å². The second-order valence-corrected chi connectivity index (χ2v) is 8.82. The Bertz CT molecular complexity index is 860. The van der Waals surface area contributed by atoms with Crippen molar-refractivity contribution in [3.05, 3.63) is 41.3 Å². The summed E-state index contributed by atoms with van der Waals surface area (Å²) in [5, 5.41) is 3.57. The second kappa shape index (κ2) is 10.2. The number of amides is 3. The summed E-state index contributed by atoms with van der Waals surface area (Å²) in [6.45, 7) is 3.81. The van der Waals surface area contributed by atoms with E-state index in [9.17, 15) is 22.8 Å². The van der Waals surface area contributed by atoms with Crippen molar-refractivity contribution in [1.82, 2.24) is 20.5 Å². The van der Waals surface area contributed by atoms with Crippen LogP contribution in [0.3, 0.4) is 0 Å². The predicted octanol–water partition coefficient (Wildman–Crippen LogP) is 0.371. The van der Waals surface area contributed by atoms with Gasteiger partial charge in [-0.2, -0.15) is 4.31 Å². The first-order valence-electron chi connectivity index (χ1n) is 9.33. The molecule has 3 N–H and O–H groups in total. The maximum absolute atomic E-state index is 12.5. The number of carbonyl (C=O) groups excluding carboxylic acids is 3. The van der Waals surface area contributed by atoms with Crippen LogP contribution in [0.15, 0.2) is 35.7 Å². The topological polar surface area (TPSA) is 125 Å². The highest BCUT2D eigenvalue weighted by Crippen LogP contribution is 2.20. The van der Waals surface area contributed by atoms with E-state index < -0.39 is 33.7 Å². The lowest BCUT2D eigenvalue weighted by atomic mass is 9.98. The van der Waals surface area contributed by atoms with Gasteiger partial charge in [-0.05, 0) is 38.3 Å². The van der Waals surface area contributed by atoms with E-state index in [0.29, 0.717) is 12.8 Å². The van der Waals surface area contributed by atoms with Crippen LogP contribution >= 0.6 is 0 Å². The van der Waals surface area contributed by atoms with Crippen molar-refractivity contribution in [1.29, 1.82) is 0 Å². The fraction of sp³-hybridized carbons (Fsp3) is 0.421. The Morgan fingerprint density at radius 2 is 1.66 bits per heavy atom. The molecule has 158 valence electrons. The lowest BCUT2D eigenvalue weighted by Gasteiger charge is -2.29. The molecule has 1 fully saturated rings. The van der Waals surface area contributed by atoms with Gasteiger partial charge >= 0.3 is 11.8 Å². The third kappa shape index (κ3) is 6.99. The molecule has 0 aromatic heterocycles. The maximum atomic E-state index is 12.5. The molecule has 0 bridgehead atoms. The van der Waals surface area contributed by atoms with Crippen molar-refractivity contribution in [2.75, 3.05) is 13.1 Å². The van der Waals surface area contributed by atoms with Crippen molar-refractivity contribution in [2.45, 2.75) is 32.7 Å². The van der Waals surface area contributed by atoms with Gasteiger partial charge in [0, 0.05) is 30.5 Å². The first kappa shape index (κ1) is 22.6. The molecule has 0 saturated carbocycles. The molecule has 3 amide bonds. The van der Waals surface area contributed by atoms with E-state index >= 15 is 0 Å². The largest absolute Gasteiger partial charge is 0.346 e. The molecule has 2 rings (SSSR count). The summed E-state index contributed by atoms with van der Waals surface area (Å²) in [6.07, 6.45) is 2.17. The lowest BCUT2D eigenvalue weighted by Crippen LogP contribution is -2.52. The Balaban J connectivity index is 1.82. The molecule has 1 saturated heterocycles. The van der Waals surface area contributed by atoms with E-state index in [1.54, 1.807) is 26.0 Å². The molecule has 1 aromatic carbocycles. The minimum atomic E-state index is -3.58. The molecule has 29 heavy (non-hydrogen) atoms. The highest BCUT2D eigenvalue weighted by molar-refractivity contribution is 7.92. The van der Waals surface area contributed by atoms with Crippen LogP contribution in [0.5, 0.6) is 0 Å². The summed E-state index contributed by atoms with van der Waals surface area (Å²) < 4.78 is 26.2. The van der Waals surface area contributed by atoms with E-state index in [-0.39, 0.29) is 19.1 Å². The number of rotatable bonds is 5. The van der Waals surface area contributed by atoms with Gasteiger partial charge in [-0.1, -0.05) is 30.3 Å². The van der Waals surface area contributed by atoms with E-state index in [1.165, 1.54) is 10.4 Å². The molecule has 0 atom stereocenters. The molecular weight excluding hydrogens is 396 g/mol. The van der Waals surface area contributed by atoms with Crippen molar-refractivity contribution in [2.24, 2.45) is 5.92 Å². The van der Waals surface area contributed by atoms with Gasteiger partial charge in [-0.3, -0.25) is 25.2 Å². The molecule has 1 aromatic rings. The standard InChI is InChI=1S/C19H26N4O5S/c1-14(2)20-18(25)19(26)22-21-17(24)16-8-11-23(12-9-16)29(27,28)13-10-15-6-4-3-5-7-15/h3-7,10,13-14,16H,8-9,11-12H2,1-2H3,(H,20,25)(H,21,24)(H,22,26)/b13-10+. The van der Waals surface area contributed by atoms with Crippen LogP contribution in [-0.2, 0) is 24.4 Å². The van der Waals surface area contributed by atoms with Crippen LogP contribution in [-0.4, -0.2) is 49.6 Å². The van der Waals surface area contributed by atoms with E-state index in [2.05, 4.69) is 16.2 Å². The molecule has 0 aliphatic carbocycles. The normalized spacial score (nSPS) is 16.0. The highest BCUT2D eigenvalue weighted by Gasteiger charge is 2.30. The zero-order valence-electron chi connectivity index (χ0n) is 16.4. The summed E-state index contributed by atoms with van der Waals surface area (Å²) >= 11 is 0. The molecule has 1 heterocycles. The van der Waals surface area contributed by atoms with Gasteiger partial charge in [-0.25, -0.2) is 8.42 Å². The number of benzene rings is 1. The third-order valence-electron chi connectivity index (χ3n) is 4.34. The highest BCUT2D eigenvalue weighted by atomic mass is 32.2. The molecular formula is C19H26N4O5S. The monoisotopic (exact) mass is 422 g/mol. The number of hydrogen-bond acceptors (Lipinski definition) is 5. The Kier molecular flexibility index (Phi) is 7.91. The average Bonchev–Trinajstić information content (AvgIpc) is 2.70. The molecule has 1 aliphatic rings. The summed E-state index contributed by atoms with van der Waals surface area (Å²) in [4.78, 5) is 35.3. The number of sulfonamides is 1. The van der Waals surface area contributed by atoms with Crippen LogP contribution in [0.2, 0.25) is 0 Å². The number of nitrogens with zero attached hydrogens (tertiary/aromatic N) is 1. The quantitative estimate of drug-likeness (QED) is 0.467. The van der Waals surface area contributed by atoms with Crippen molar-refractivity contribution in [3.8, 4) is 0 Å².